The first-order valence-electron chi connectivity index (χ1n) is 6.62. The van der Waals surface area contributed by atoms with Crippen LogP contribution >= 0.6 is 12.4 Å². The maximum atomic E-state index is 13.3. The van der Waals surface area contributed by atoms with Gasteiger partial charge in [0, 0.05) is 32.2 Å². The third kappa shape index (κ3) is 4.13. The van der Waals surface area contributed by atoms with E-state index in [2.05, 4.69) is 17.1 Å². The summed E-state index contributed by atoms with van der Waals surface area (Å²) >= 11 is 0. The summed E-state index contributed by atoms with van der Waals surface area (Å²) in [6.45, 7) is 5.97. The van der Waals surface area contributed by atoms with Crippen molar-refractivity contribution in [2.45, 2.75) is 25.8 Å². The van der Waals surface area contributed by atoms with E-state index in [0.29, 0.717) is 0 Å². The summed E-state index contributed by atoms with van der Waals surface area (Å²) in [6.07, 6.45) is 2.01. The molecular weight excluding hydrogens is 270 g/mol. The Kier molecular flexibility index (Phi) is 6.69. The van der Waals surface area contributed by atoms with Gasteiger partial charge in [-0.05, 0) is 24.1 Å². The summed E-state index contributed by atoms with van der Waals surface area (Å²) in [7, 11) is 0. The second-order valence-electron chi connectivity index (χ2n) is 4.76. The third-order valence-corrected chi connectivity index (χ3v) is 3.48. The van der Waals surface area contributed by atoms with E-state index in [4.69, 9.17) is 0 Å². The molecule has 2 nitrogen and oxygen atoms in total. The summed E-state index contributed by atoms with van der Waals surface area (Å²) in [6, 6.07) is 4.49. The Hall–Kier alpha value is -0.710. The molecule has 1 aliphatic heterocycles. The highest BCUT2D eigenvalue weighted by atomic mass is 35.5. The van der Waals surface area contributed by atoms with Crippen molar-refractivity contribution in [1.29, 1.82) is 0 Å². The molecule has 0 saturated carbocycles. The monoisotopic (exact) mass is 290 g/mol. The molecule has 19 heavy (non-hydrogen) atoms. The average molecular weight is 291 g/mol. The second kappa shape index (κ2) is 7.78. The van der Waals surface area contributed by atoms with E-state index in [9.17, 15) is 8.78 Å². The summed E-state index contributed by atoms with van der Waals surface area (Å²) < 4.78 is 26.3. The first-order valence-corrected chi connectivity index (χ1v) is 6.62. The quantitative estimate of drug-likeness (QED) is 0.916. The third-order valence-electron chi connectivity index (χ3n) is 3.48. The normalized spacial score (nSPS) is 17.8. The molecule has 0 aliphatic carbocycles. The molecule has 1 N–H and O–H groups in total. The minimum absolute atomic E-state index is 0. The molecule has 108 valence electrons. The summed E-state index contributed by atoms with van der Waals surface area (Å²) in [5.41, 5.74) is 0.887. The number of hydrogen-bond acceptors (Lipinski definition) is 2. The molecule has 0 unspecified atom stereocenters. The molecule has 1 aromatic carbocycles. The molecule has 2 rings (SSSR count). The predicted octanol–water partition coefficient (Wildman–Crippen LogP) is 3.13. The molecule has 0 aromatic heterocycles. The van der Waals surface area contributed by atoms with Gasteiger partial charge in [0.1, 0.15) is 0 Å². The number of halogens is 3. The number of hydrogen-bond donors (Lipinski definition) is 1. The average Bonchev–Trinajstić information content (AvgIpc) is 2.40. The summed E-state index contributed by atoms with van der Waals surface area (Å²) in [5, 5.41) is 3.31. The molecule has 1 aliphatic rings. The van der Waals surface area contributed by atoms with Crippen LogP contribution in [0.3, 0.4) is 0 Å². The Bertz CT molecular complexity index is 395. The fraction of sp³-hybridized carbons (Fsp3) is 0.571. The second-order valence-corrected chi connectivity index (χ2v) is 4.76. The molecule has 5 heteroatoms. The van der Waals surface area contributed by atoms with Crippen molar-refractivity contribution in [2.75, 3.05) is 26.2 Å². The molecule has 0 radical (unpaired) electrons. The smallest absolute Gasteiger partial charge is 0.159 e. The first kappa shape index (κ1) is 16.3. The Morgan fingerprint density at radius 1 is 1.21 bits per heavy atom. The largest absolute Gasteiger partial charge is 0.314 e. The van der Waals surface area contributed by atoms with Gasteiger partial charge in [0.25, 0.3) is 0 Å². The van der Waals surface area contributed by atoms with Crippen LogP contribution in [0.5, 0.6) is 0 Å². The van der Waals surface area contributed by atoms with Crippen molar-refractivity contribution < 1.29 is 8.78 Å². The summed E-state index contributed by atoms with van der Waals surface area (Å²) in [4.78, 5) is 2.35. The molecule has 0 spiro atoms. The van der Waals surface area contributed by atoms with Gasteiger partial charge < -0.3 is 5.32 Å². The molecular formula is C14H21ClF2N2. The Morgan fingerprint density at radius 2 is 1.89 bits per heavy atom. The van der Waals surface area contributed by atoms with E-state index in [1.807, 2.05) is 0 Å². The molecule has 1 saturated heterocycles. The van der Waals surface area contributed by atoms with Crippen LogP contribution in [0.2, 0.25) is 0 Å². The van der Waals surface area contributed by atoms with Gasteiger partial charge in [-0.15, -0.1) is 12.4 Å². The Labute approximate surface area is 119 Å². The number of piperazine rings is 1. The standard InChI is InChI=1S/C14H20F2N2.ClH/c1-2-3-14(18-8-6-17-7-9-18)11-4-5-12(15)13(16)10-11;/h4-5,10,14,17H,2-3,6-9H2,1H3;1H/t14-;/m0./s1. The van der Waals surface area contributed by atoms with E-state index >= 15 is 0 Å². The van der Waals surface area contributed by atoms with Crippen molar-refractivity contribution in [1.82, 2.24) is 10.2 Å². The van der Waals surface area contributed by atoms with Crippen LogP contribution in [0, 0.1) is 11.6 Å². The zero-order valence-electron chi connectivity index (χ0n) is 11.2. The molecule has 1 aromatic rings. The van der Waals surface area contributed by atoms with Crippen molar-refractivity contribution in [3.63, 3.8) is 0 Å². The highest BCUT2D eigenvalue weighted by Crippen LogP contribution is 2.27. The van der Waals surface area contributed by atoms with Crippen molar-refractivity contribution in [3.8, 4) is 0 Å². The summed E-state index contributed by atoms with van der Waals surface area (Å²) in [5.74, 6) is -1.52. The fourth-order valence-electron chi connectivity index (χ4n) is 2.55. The van der Waals surface area contributed by atoms with Gasteiger partial charge >= 0.3 is 0 Å². The van der Waals surface area contributed by atoms with E-state index in [1.54, 1.807) is 6.07 Å². The Balaban J connectivity index is 0.00000180. The first-order chi connectivity index (χ1) is 8.72. The van der Waals surface area contributed by atoms with Gasteiger partial charge in [0.05, 0.1) is 0 Å². The van der Waals surface area contributed by atoms with Crippen LogP contribution in [0.1, 0.15) is 31.4 Å². The lowest BCUT2D eigenvalue weighted by Crippen LogP contribution is -2.45. The van der Waals surface area contributed by atoms with E-state index in [-0.39, 0.29) is 18.4 Å². The van der Waals surface area contributed by atoms with Gasteiger partial charge in [-0.25, -0.2) is 8.78 Å². The Morgan fingerprint density at radius 3 is 2.47 bits per heavy atom. The molecule has 1 fully saturated rings. The minimum Gasteiger partial charge on any atom is -0.314 e. The van der Waals surface area contributed by atoms with Crippen LogP contribution in [0.15, 0.2) is 18.2 Å². The maximum absolute atomic E-state index is 13.3. The van der Waals surface area contributed by atoms with Crippen LogP contribution in [0.4, 0.5) is 8.78 Å². The van der Waals surface area contributed by atoms with Crippen LogP contribution in [-0.2, 0) is 0 Å². The zero-order valence-corrected chi connectivity index (χ0v) is 12.0. The van der Waals surface area contributed by atoms with E-state index in [0.717, 1.165) is 44.6 Å². The lowest BCUT2D eigenvalue weighted by molar-refractivity contribution is 0.164. The van der Waals surface area contributed by atoms with Gasteiger partial charge in [-0.1, -0.05) is 19.4 Å². The fourth-order valence-corrected chi connectivity index (χ4v) is 2.55. The number of benzene rings is 1. The molecule has 0 bridgehead atoms. The lowest BCUT2D eigenvalue weighted by atomic mass is 9.99. The van der Waals surface area contributed by atoms with Gasteiger partial charge in [0.15, 0.2) is 11.6 Å². The van der Waals surface area contributed by atoms with Gasteiger partial charge in [-0.3, -0.25) is 4.90 Å². The predicted molar refractivity (Wildman–Crippen MR) is 75.7 cm³/mol. The lowest BCUT2D eigenvalue weighted by Gasteiger charge is -2.35. The van der Waals surface area contributed by atoms with Gasteiger partial charge in [-0.2, -0.15) is 0 Å². The van der Waals surface area contributed by atoms with Crippen LogP contribution in [0.25, 0.3) is 0 Å². The molecule has 1 atom stereocenters. The van der Waals surface area contributed by atoms with E-state index in [1.165, 1.54) is 12.1 Å². The van der Waals surface area contributed by atoms with Crippen molar-refractivity contribution in [3.05, 3.63) is 35.4 Å². The minimum atomic E-state index is -0.769. The topological polar surface area (TPSA) is 15.3 Å². The van der Waals surface area contributed by atoms with Gasteiger partial charge in [0.2, 0.25) is 0 Å². The number of rotatable bonds is 4. The molecule has 0 amide bonds. The number of nitrogens with zero attached hydrogens (tertiary/aromatic N) is 1. The highest BCUT2D eigenvalue weighted by molar-refractivity contribution is 5.85. The van der Waals surface area contributed by atoms with Crippen LogP contribution < -0.4 is 5.32 Å². The van der Waals surface area contributed by atoms with E-state index < -0.39 is 11.6 Å². The highest BCUT2D eigenvalue weighted by Gasteiger charge is 2.22. The molecule has 1 heterocycles. The zero-order chi connectivity index (χ0) is 13.0. The maximum Gasteiger partial charge on any atom is 0.159 e. The number of nitrogens with one attached hydrogen (secondary N) is 1. The van der Waals surface area contributed by atoms with Crippen molar-refractivity contribution in [2.24, 2.45) is 0 Å². The SMILES string of the molecule is CCC[C@@H](c1ccc(F)c(F)c1)N1CCNCC1.Cl. The van der Waals surface area contributed by atoms with Crippen molar-refractivity contribution >= 4 is 12.4 Å². The van der Waals surface area contributed by atoms with Crippen LogP contribution in [-0.4, -0.2) is 31.1 Å².